The molecule has 1 aliphatic carbocycles. The lowest BCUT2D eigenvalue weighted by Gasteiger charge is -2.06. The summed E-state index contributed by atoms with van der Waals surface area (Å²) < 4.78 is 0. The number of benzene rings is 1. The molecule has 2 rings (SSSR count). The predicted molar refractivity (Wildman–Crippen MR) is 70.3 cm³/mol. The molecule has 1 aromatic rings. The summed E-state index contributed by atoms with van der Waals surface area (Å²) in [6.07, 6.45) is 0. The molecule has 0 nitrogen and oxygen atoms in total. The highest BCUT2D eigenvalue weighted by Gasteiger charge is 2.57. The number of hydrogen-bond acceptors (Lipinski definition) is 0. The van der Waals surface area contributed by atoms with E-state index in [-0.39, 0.29) is 0 Å². The van der Waals surface area contributed by atoms with Crippen molar-refractivity contribution >= 4 is 39.1 Å². The Hall–Kier alpha value is 0.280. The molecule has 0 radical (unpaired) electrons. The second kappa shape index (κ2) is 3.94. The summed E-state index contributed by atoms with van der Waals surface area (Å²) in [5.74, 6) is 1.23. The quantitative estimate of drug-likeness (QED) is 0.665. The first-order chi connectivity index (χ1) is 6.98. The van der Waals surface area contributed by atoms with E-state index in [1.807, 2.05) is 12.1 Å². The summed E-state index contributed by atoms with van der Waals surface area (Å²) in [5, 5.41) is 2.53. The fourth-order valence-corrected chi connectivity index (χ4v) is 4.14. The Labute approximate surface area is 109 Å². The second-order valence-electron chi connectivity index (χ2n) is 4.73. The Morgan fingerprint density at radius 3 is 2.47 bits per heavy atom. The Morgan fingerprint density at radius 1 is 1.33 bits per heavy atom. The molecule has 1 aromatic carbocycles. The van der Waals surface area contributed by atoms with Crippen LogP contribution in [0.3, 0.4) is 0 Å². The van der Waals surface area contributed by atoms with Crippen LogP contribution in [0, 0.1) is 11.3 Å². The highest BCUT2D eigenvalue weighted by Crippen LogP contribution is 2.65. The molecule has 0 spiro atoms. The Morgan fingerprint density at radius 2 is 2.00 bits per heavy atom. The first-order valence-electron chi connectivity index (χ1n) is 4.99. The Balaban J connectivity index is 2.33. The molecule has 2 unspecified atom stereocenters. The summed E-state index contributed by atoms with van der Waals surface area (Å²) in [7, 11) is 0. The SMILES string of the molecule is CC1(C)C(CBr)C1c1ccc(Cl)cc1Cl. The maximum atomic E-state index is 6.21. The van der Waals surface area contributed by atoms with Crippen molar-refractivity contribution in [2.75, 3.05) is 5.33 Å². The van der Waals surface area contributed by atoms with Gasteiger partial charge in [0.15, 0.2) is 0 Å². The van der Waals surface area contributed by atoms with Gasteiger partial charge in [0.2, 0.25) is 0 Å². The van der Waals surface area contributed by atoms with Crippen molar-refractivity contribution in [3.05, 3.63) is 33.8 Å². The van der Waals surface area contributed by atoms with Crippen molar-refractivity contribution in [1.82, 2.24) is 0 Å². The van der Waals surface area contributed by atoms with Crippen LogP contribution in [-0.4, -0.2) is 5.33 Å². The van der Waals surface area contributed by atoms with Crippen LogP contribution in [0.15, 0.2) is 18.2 Å². The molecule has 3 heteroatoms. The predicted octanol–water partition coefficient (Wildman–Crippen LogP) is 5.13. The fraction of sp³-hybridized carbons (Fsp3) is 0.500. The van der Waals surface area contributed by atoms with Gasteiger partial charge in [-0.3, -0.25) is 0 Å². The van der Waals surface area contributed by atoms with Gasteiger partial charge in [-0.25, -0.2) is 0 Å². The first kappa shape index (κ1) is 11.8. The molecule has 1 aliphatic rings. The van der Waals surface area contributed by atoms with E-state index in [1.54, 1.807) is 0 Å². The van der Waals surface area contributed by atoms with Gasteiger partial charge in [-0.05, 0) is 34.9 Å². The zero-order valence-corrected chi connectivity index (χ0v) is 11.8. The van der Waals surface area contributed by atoms with Crippen molar-refractivity contribution in [2.24, 2.45) is 11.3 Å². The summed E-state index contributed by atoms with van der Waals surface area (Å²) >= 11 is 15.7. The lowest BCUT2D eigenvalue weighted by atomic mass is 10.0. The van der Waals surface area contributed by atoms with Gasteiger partial charge in [0, 0.05) is 15.4 Å². The van der Waals surface area contributed by atoms with E-state index in [4.69, 9.17) is 23.2 Å². The van der Waals surface area contributed by atoms with Crippen LogP contribution in [0.5, 0.6) is 0 Å². The highest BCUT2D eigenvalue weighted by molar-refractivity contribution is 9.09. The third-order valence-electron chi connectivity index (χ3n) is 3.51. The Bertz CT molecular complexity index is 387. The molecule has 0 amide bonds. The minimum Gasteiger partial charge on any atom is -0.0925 e. The molecule has 0 N–H and O–H groups in total. The maximum Gasteiger partial charge on any atom is 0.0455 e. The van der Waals surface area contributed by atoms with Crippen molar-refractivity contribution in [2.45, 2.75) is 19.8 Å². The average molecular weight is 308 g/mol. The average Bonchev–Trinajstić information content (AvgIpc) is 2.68. The van der Waals surface area contributed by atoms with Gasteiger partial charge < -0.3 is 0 Å². The normalized spacial score (nSPS) is 27.8. The largest absolute Gasteiger partial charge is 0.0925 e. The second-order valence-corrected chi connectivity index (χ2v) is 6.22. The Kier molecular flexibility index (Phi) is 3.09. The molecule has 15 heavy (non-hydrogen) atoms. The molecule has 82 valence electrons. The van der Waals surface area contributed by atoms with E-state index >= 15 is 0 Å². The third-order valence-corrected chi connectivity index (χ3v) is 4.77. The minimum atomic E-state index is 0.348. The fourth-order valence-electron chi connectivity index (χ4n) is 2.40. The molecule has 0 heterocycles. The van der Waals surface area contributed by atoms with Crippen LogP contribution in [0.25, 0.3) is 0 Å². The van der Waals surface area contributed by atoms with Crippen molar-refractivity contribution in [3.63, 3.8) is 0 Å². The van der Waals surface area contributed by atoms with E-state index in [0.29, 0.717) is 22.3 Å². The molecule has 1 fully saturated rings. The zero-order valence-electron chi connectivity index (χ0n) is 8.73. The van der Waals surface area contributed by atoms with E-state index in [1.165, 1.54) is 5.56 Å². The van der Waals surface area contributed by atoms with Gasteiger partial charge in [-0.1, -0.05) is 59.0 Å². The number of hydrogen-bond donors (Lipinski definition) is 0. The number of alkyl halides is 1. The van der Waals surface area contributed by atoms with E-state index in [0.717, 1.165) is 10.4 Å². The van der Waals surface area contributed by atoms with Crippen molar-refractivity contribution < 1.29 is 0 Å². The number of rotatable bonds is 2. The van der Waals surface area contributed by atoms with Crippen LogP contribution in [-0.2, 0) is 0 Å². The van der Waals surface area contributed by atoms with Crippen LogP contribution in [0.2, 0.25) is 10.0 Å². The molecule has 1 saturated carbocycles. The van der Waals surface area contributed by atoms with Crippen molar-refractivity contribution in [1.29, 1.82) is 0 Å². The van der Waals surface area contributed by atoms with E-state index in [2.05, 4.69) is 35.8 Å². The lowest BCUT2D eigenvalue weighted by molar-refractivity contribution is 0.579. The van der Waals surface area contributed by atoms with Gasteiger partial charge >= 0.3 is 0 Å². The van der Waals surface area contributed by atoms with Gasteiger partial charge in [0.25, 0.3) is 0 Å². The van der Waals surface area contributed by atoms with Crippen LogP contribution >= 0.6 is 39.1 Å². The molecule has 0 bridgehead atoms. The van der Waals surface area contributed by atoms with Crippen molar-refractivity contribution in [3.8, 4) is 0 Å². The van der Waals surface area contributed by atoms with E-state index in [9.17, 15) is 0 Å². The van der Waals surface area contributed by atoms with Gasteiger partial charge in [0.05, 0.1) is 0 Å². The highest BCUT2D eigenvalue weighted by atomic mass is 79.9. The van der Waals surface area contributed by atoms with Crippen LogP contribution < -0.4 is 0 Å². The van der Waals surface area contributed by atoms with Gasteiger partial charge in [-0.15, -0.1) is 0 Å². The summed E-state index contributed by atoms with van der Waals surface area (Å²) in [6, 6.07) is 5.81. The maximum absolute atomic E-state index is 6.21. The topological polar surface area (TPSA) is 0 Å². The van der Waals surface area contributed by atoms with Crippen LogP contribution in [0.4, 0.5) is 0 Å². The summed E-state index contributed by atoms with van der Waals surface area (Å²) in [5.41, 5.74) is 1.58. The molecule has 0 aliphatic heterocycles. The lowest BCUT2D eigenvalue weighted by Crippen LogP contribution is -1.91. The third kappa shape index (κ3) is 1.94. The van der Waals surface area contributed by atoms with E-state index < -0.39 is 0 Å². The van der Waals surface area contributed by atoms with Crippen LogP contribution in [0.1, 0.15) is 25.3 Å². The first-order valence-corrected chi connectivity index (χ1v) is 6.87. The minimum absolute atomic E-state index is 0.348. The smallest absolute Gasteiger partial charge is 0.0455 e. The zero-order chi connectivity index (χ0) is 11.2. The summed E-state index contributed by atoms with van der Waals surface area (Å²) in [6.45, 7) is 4.57. The molecule has 2 atom stereocenters. The molecule has 0 saturated heterocycles. The summed E-state index contributed by atoms with van der Waals surface area (Å²) in [4.78, 5) is 0. The van der Waals surface area contributed by atoms with Gasteiger partial charge in [0.1, 0.15) is 0 Å². The standard InChI is InChI=1S/C12H13BrCl2/c1-12(2)9(6-13)11(12)8-4-3-7(14)5-10(8)15/h3-5,9,11H,6H2,1-2H3. The molecular formula is C12H13BrCl2. The molecule has 0 aromatic heterocycles. The molecular weight excluding hydrogens is 295 g/mol. The van der Waals surface area contributed by atoms with Gasteiger partial charge in [-0.2, -0.15) is 0 Å². The number of halogens is 3. The monoisotopic (exact) mass is 306 g/mol.